The third kappa shape index (κ3) is 3.31. The zero-order valence-corrected chi connectivity index (χ0v) is 10.5. The molecule has 1 aromatic carbocycles. The lowest BCUT2D eigenvalue weighted by Crippen LogP contribution is -2.43. The topological polar surface area (TPSA) is 66.6 Å². The van der Waals surface area contributed by atoms with Crippen LogP contribution in [-0.2, 0) is 4.79 Å². The highest BCUT2D eigenvalue weighted by Crippen LogP contribution is 2.17. The number of carbonyl (C=O) groups excluding carboxylic acids is 1. The number of benzene rings is 1. The zero-order chi connectivity index (χ0) is 13.0. The van der Waals surface area contributed by atoms with E-state index in [1.165, 1.54) is 0 Å². The maximum absolute atomic E-state index is 12.1. The molecule has 0 aliphatic carbocycles. The highest BCUT2D eigenvalue weighted by molar-refractivity contribution is 5.77. The van der Waals surface area contributed by atoms with Gasteiger partial charge in [-0.15, -0.1) is 0 Å². The molecule has 1 unspecified atom stereocenters. The maximum Gasteiger partial charge on any atom is 0.224 e. The molecule has 4 nitrogen and oxygen atoms in total. The zero-order valence-electron chi connectivity index (χ0n) is 10.5. The standard InChI is InChI=1S/C14H20N2O2/c15-13(11-5-2-1-3-6-11)9-14(18)16-8-4-7-12(17)10-16/h1-3,5-6,12-13,17H,4,7-10,15H2/t12-,13?/m0/s1. The number of amides is 1. The fourth-order valence-electron chi connectivity index (χ4n) is 2.32. The largest absolute Gasteiger partial charge is 0.391 e. The molecule has 1 aliphatic rings. The molecule has 3 N–H and O–H groups in total. The molecule has 1 aliphatic heterocycles. The molecule has 0 aromatic heterocycles. The Labute approximate surface area is 107 Å². The predicted molar refractivity (Wildman–Crippen MR) is 69.8 cm³/mol. The Hall–Kier alpha value is -1.39. The van der Waals surface area contributed by atoms with Gasteiger partial charge in [0.25, 0.3) is 0 Å². The Balaban J connectivity index is 1.91. The number of β-amino-alcohol motifs (C(OH)–C–C–N with tert-alkyl or cyclic N) is 1. The summed E-state index contributed by atoms with van der Waals surface area (Å²) in [6, 6.07) is 9.37. The fourth-order valence-corrected chi connectivity index (χ4v) is 2.32. The van der Waals surface area contributed by atoms with Crippen LogP contribution in [0.4, 0.5) is 0 Å². The first-order chi connectivity index (χ1) is 8.66. The number of rotatable bonds is 3. The molecular weight excluding hydrogens is 228 g/mol. The van der Waals surface area contributed by atoms with Crippen molar-refractivity contribution in [3.63, 3.8) is 0 Å². The van der Waals surface area contributed by atoms with Gasteiger partial charge >= 0.3 is 0 Å². The summed E-state index contributed by atoms with van der Waals surface area (Å²) in [4.78, 5) is 13.8. The first kappa shape index (κ1) is 13.1. The van der Waals surface area contributed by atoms with E-state index in [9.17, 15) is 9.90 Å². The van der Waals surface area contributed by atoms with E-state index in [-0.39, 0.29) is 18.1 Å². The van der Waals surface area contributed by atoms with Gasteiger partial charge in [-0.05, 0) is 18.4 Å². The lowest BCUT2D eigenvalue weighted by Gasteiger charge is -2.31. The van der Waals surface area contributed by atoms with Gasteiger partial charge in [0.1, 0.15) is 0 Å². The maximum atomic E-state index is 12.1. The molecule has 0 saturated carbocycles. The van der Waals surface area contributed by atoms with Crippen molar-refractivity contribution in [2.24, 2.45) is 5.73 Å². The van der Waals surface area contributed by atoms with Crippen LogP contribution in [0.3, 0.4) is 0 Å². The van der Waals surface area contributed by atoms with Crippen LogP contribution in [0.25, 0.3) is 0 Å². The summed E-state index contributed by atoms with van der Waals surface area (Å²) < 4.78 is 0. The second-order valence-electron chi connectivity index (χ2n) is 4.86. The average molecular weight is 248 g/mol. The van der Waals surface area contributed by atoms with Gasteiger partial charge in [0, 0.05) is 25.6 Å². The van der Waals surface area contributed by atoms with Gasteiger partial charge in [0.05, 0.1) is 6.10 Å². The van der Waals surface area contributed by atoms with E-state index in [1.807, 2.05) is 30.3 Å². The van der Waals surface area contributed by atoms with Crippen molar-refractivity contribution in [2.75, 3.05) is 13.1 Å². The third-order valence-corrected chi connectivity index (χ3v) is 3.37. The van der Waals surface area contributed by atoms with Crippen molar-refractivity contribution in [3.05, 3.63) is 35.9 Å². The molecule has 2 atom stereocenters. The lowest BCUT2D eigenvalue weighted by molar-refractivity contribution is -0.134. The molecule has 1 amide bonds. The van der Waals surface area contributed by atoms with Gasteiger partial charge in [-0.1, -0.05) is 30.3 Å². The van der Waals surface area contributed by atoms with Gasteiger partial charge in [0.15, 0.2) is 0 Å². The smallest absolute Gasteiger partial charge is 0.224 e. The second-order valence-corrected chi connectivity index (χ2v) is 4.86. The summed E-state index contributed by atoms with van der Waals surface area (Å²) in [6.45, 7) is 1.18. The van der Waals surface area contributed by atoms with Crippen molar-refractivity contribution in [1.29, 1.82) is 0 Å². The Bertz CT molecular complexity index is 394. The predicted octanol–water partition coefficient (Wildman–Crippen LogP) is 1.06. The Morgan fingerprint density at radius 1 is 1.44 bits per heavy atom. The summed E-state index contributed by atoms with van der Waals surface area (Å²) in [5.74, 6) is 0.0325. The number of carbonyl (C=O) groups is 1. The Kier molecular flexibility index (Phi) is 4.33. The van der Waals surface area contributed by atoms with E-state index >= 15 is 0 Å². The van der Waals surface area contributed by atoms with Crippen LogP contribution in [0.5, 0.6) is 0 Å². The Morgan fingerprint density at radius 3 is 2.83 bits per heavy atom. The number of hydrogen-bond acceptors (Lipinski definition) is 3. The quantitative estimate of drug-likeness (QED) is 0.840. The summed E-state index contributed by atoms with van der Waals surface area (Å²) in [6.07, 6.45) is 1.58. The van der Waals surface area contributed by atoms with Gasteiger partial charge in [0.2, 0.25) is 5.91 Å². The highest BCUT2D eigenvalue weighted by atomic mass is 16.3. The van der Waals surface area contributed by atoms with Gasteiger partial charge in [-0.25, -0.2) is 0 Å². The Morgan fingerprint density at radius 2 is 2.17 bits per heavy atom. The molecule has 4 heteroatoms. The highest BCUT2D eigenvalue weighted by Gasteiger charge is 2.23. The molecule has 0 radical (unpaired) electrons. The molecule has 1 heterocycles. The minimum atomic E-state index is -0.379. The van der Waals surface area contributed by atoms with E-state index in [0.717, 1.165) is 24.9 Å². The SMILES string of the molecule is NC(CC(=O)N1CCC[C@H](O)C1)c1ccccc1. The van der Waals surface area contributed by atoms with Crippen LogP contribution in [0, 0.1) is 0 Å². The van der Waals surface area contributed by atoms with E-state index in [2.05, 4.69) is 0 Å². The summed E-state index contributed by atoms with van der Waals surface area (Å²) in [5.41, 5.74) is 7.00. The van der Waals surface area contributed by atoms with Crippen molar-refractivity contribution in [3.8, 4) is 0 Å². The number of hydrogen-bond donors (Lipinski definition) is 2. The monoisotopic (exact) mass is 248 g/mol. The third-order valence-electron chi connectivity index (χ3n) is 3.37. The number of piperidine rings is 1. The van der Waals surface area contributed by atoms with Gasteiger partial charge < -0.3 is 15.7 Å². The van der Waals surface area contributed by atoms with Crippen molar-refractivity contribution < 1.29 is 9.90 Å². The van der Waals surface area contributed by atoms with Crippen LogP contribution in [0.15, 0.2) is 30.3 Å². The van der Waals surface area contributed by atoms with Crippen LogP contribution in [0.1, 0.15) is 30.9 Å². The number of aliphatic hydroxyl groups excluding tert-OH is 1. The van der Waals surface area contributed by atoms with Gasteiger partial charge in [-0.3, -0.25) is 4.79 Å². The van der Waals surface area contributed by atoms with Crippen LogP contribution in [-0.4, -0.2) is 35.1 Å². The van der Waals surface area contributed by atoms with Crippen LogP contribution >= 0.6 is 0 Å². The summed E-state index contributed by atoms with van der Waals surface area (Å²) in [5, 5.41) is 9.55. The number of aliphatic hydroxyl groups is 1. The molecule has 1 aromatic rings. The normalized spacial score (nSPS) is 21.7. The molecule has 0 spiro atoms. The summed E-state index contributed by atoms with van der Waals surface area (Å²) >= 11 is 0. The first-order valence-electron chi connectivity index (χ1n) is 6.43. The first-order valence-corrected chi connectivity index (χ1v) is 6.43. The molecule has 0 bridgehead atoms. The average Bonchev–Trinajstić information content (AvgIpc) is 2.39. The van der Waals surface area contributed by atoms with Crippen LogP contribution < -0.4 is 5.73 Å². The van der Waals surface area contributed by atoms with Crippen molar-refractivity contribution in [1.82, 2.24) is 4.90 Å². The molecule has 2 rings (SSSR count). The minimum Gasteiger partial charge on any atom is -0.391 e. The van der Waals surface area contributed by atoms with Gasteiger partial charge in [-0.2, -0.15) is 0 Å². The molecule has 1 fully saturated rings. The molecule has 98 valence electrons. The minimum absolute atomic E-state index is 0.0325. The number of nitrogens with zero attached hydrogens (tertiary/aromatic N) is 1. The summed E-state index contributed by atoms with van der Waals surface area (Å²) in [7, 11) is 0. The van der Waals surface area contributed by atoms with Crippen molar-refractivity contribution >= 4 is 5.91 Å². The lowest BCUT2D eigenvalue weighted by atomic mass is 10.0. The number of nitrogens with two attached hydrogens (primary N) is 1. The van der Waals surface area contributed by atoms with E-state index in [0.29, 0.717) is 13.0 Å². The van der Waals surface area contributed by atoms with E-state index in [4.69, 9.17) is 5.73 Å². The molecule has 18 heavy (non-hydrogen) atoms. The van der Waals surface area contributed by atoms with E-state index in [1.54, 1.807) is 4.90 Å². The second kappa shape index (κ2) is 5.98. The van der Waals surface area contributed by atoms with Crippen LogP contribution in [0.2, 0.25) is 0 Å². The molecular formula is C14H20N2O2. The fraction of sp³-hybridized carbons (Fsp3) is 0.500. The number of likely N-dealkylation sites (tertiary alicyclic amines) is 1. The molecule has 1 saturated heterocycles. The van der Waals surface area contributed by atoms with Crippen molar-refractivity contribution in [2.45, 2.75) is 31.4 Å². The van der Waals surface area contributed by atoms with E-state index < -0.39 is 0 Å².